The SMILES string of the molecule is Cc1nc(COc2cccc(C(=O)Nc3ccc(C)c(C)c3)c2)cs1. The molecule has 3 aromatic rings. The van der Waals surface area contributed by atoms with E-state index in [0.717, 1.165) is 22.0 Å². The summed E-state index contributed by atoms with van der Waals surface area (Å²) in [4.78, 5) is 16.8. The smallest absolute Gasteiger partial charge is 0.255 e. The van der Waals surface area contributed by atoms with Gasteiger partial charge in [-0.2, -0.15) is 0 Å². The van der Waals surface area contributed by atoms with E-state index >= 15 is 0 Å². The molecule has 0 spiro atoms. The van der Waals surface area contributed by atoms with Crippen molar-refractivity contribution in [2.45, 2.75) is 27.4 Å². The van der Waals surface area contributed by atoms with Crippen LogP contribution >= 0.6 is 11.3 Å². The van der Waals surface area contributed by atoms with Crippen molar-refractivity contribution < 1.29 is 9.53 Å². The summed E-state index contributed by atoms with van der Waals surface area (Å²) in [6, 6.07) is 13.1. The highest BCUT2D eigenvalue weighted by Gasteiger charge is 2.08. The number of carbonyl (C=O) groups excluding carboxylic acids is 1. The zero-order chi connectivity index (χ0) is 17.8. The molecule has 1 aromatic heterocycles. The van der Waals surface area contributed by atoms with Crippen molar-refractivity contribution in [2.24, 2.45) is 0 Å². The van der Waals surface area contributed by atoms with Gasteiger partial charge in [-0.3, -0.25) is 4.79 Å². The number of amides is 1. The van der Waals surface area contributed by atoms with Gasteiger partial charge in [0.15, 0.2) is 0 Å². The average molecular weight is 352 g/mol. The fraction of sp³-hybridized carbons (Fsp3) is 0.200. The molecule has 0 fully saturated rings. The Hall–Kier alpha value is -2.66. The van der Waals surface area contributed by atoms with Gasteiger partial charge in [0.25, 0.3) is 5.91 Å². The van der Waals surface area contributed by atoms with Crippen LogP contribution in [0, 0.1) is 20.8 Å². The molecule has 2 aromatic carbocycles. The molecule has 0 saturated heterocycles. The van der Waals surface area contributed by atoms with Crippen LogP contribution in [-0.4, -0.2) is 10.9 Å². The third kappa shape index (κ3) is 4.45. The van der Waals surface area contributed by atoms with E-state index in [2.05, 4.69) is 10.3 Å². The summed E-state index contributed by atoms with van der Waals surface area (Å²) >= 11 is 1.60. The largest absolute Gasteiger partial charge is 0.487 e. The van der Waals surface area contributed by atoms with Gasteiger partial charge in [-0.05, 0) is 62.2 Å². The summed E-state index contributed by atoms with van der Waals surface area (Å²) in [6.45, 7) is 6.43. The number of anilines is 1. The minimum Gasteiger partial charge on any atom is -0.487 e. The number of rotatable bonds is 5. The van der Waals surface area contributed by atoms with Crippen molar-refractivity contribution in [3.8, 4) is 5.75 Å². The Balaban J connectivity index is 1.67. The van der Waals surface area contributed by atoms with Crippen LogP contribution in [0.15, 0.2) is 47.8 Å². The van der Waals surface area contributed by atoms with E-state index in [9.17, 15) is 4.79 Å². The highest BCUT2D eigenvalue weighted by Crippen LogP contribution is 2.19. The first-order chi connectivity index (χ1) is 12.0. The number of hydrogen-bond donors (Lipinski definition) is 1. The lowest BCUT2D eigenvalue weighted by Crippen LogP contribution is -2.12. The Morgan fingerprint density at radius 2 is 1.96 bits per heavy atom. The molecular formula is C20H20N2O2S. The molecular weight excluding hydrogens is 332 g/mol. The van der Waals surface area contributed by atoms with Gasteiger partial charge in [0.05, 0.1) is 10.7 Å². The lowest BCUT2D eigenvalue weighted by molar-refractivity contribution is 0.102. The maximum Gasteiger partial charge on any atom is 0.255 e. The van der Waals surface area contributed by atoms with E-state index in [4.69, 9.17) is 4.74 Å². The molecule has 0 saturated carbocycles. The molecule has 5 heteroatoms. The third-order valence-corrected chi connectivity index (χ3v) is 4.74. The molecule has 0 aliphatic rings. The first kappa shape index (κ1) is 17.2. The molecule has 128 valence electrons. The van der Waals surface area contributed by atoms with Gasteiger partial charge in [-0.25, -0.2) is 4.98 Å². The van der Waals surface area contributed by atoms with Crippen molar-refractivity contribution in [2.75, 3.05) is 5.32 Å². The van der Waals surface area contributed by atoms with E-state index in [-0.39, 0.29) is 5.91 Å². The van der Waals surface area contributed by atoms with Gasteiger partial charge in [-0.15, -0.1) is 11.3 Å². The van der Waals surface area contributed by atoms with E-state index in [1.807, 2.05) is 56.5 Å². The molecule has 0 aliphatic carbocycles. The second-order valence-electron chi connectivity index (χ2n) is 5.93. The number of nitrogens with one attached hydrogen (secondary N) is 1. The molecule has 0 unspecified atom stereocenters. The molecule has 1 N–H and O–H groups in total. The van der Waals surface area contributed by atoms with Crippen LogP contribution in [0.4, 0.5) is 5.69 Å². The summed E-state index contributed by atoms with van der Waals surface area (Å²) in [5, 5.41) is 5.92. The first-order valence-corrected chi connectivity index (χ1v) is 8.92. The minimum absolute atomic E-state index is 0.154. The topological polar surface area (TPSA) is 51.2 Å². The number of carbonyl (C=O) groups is 1. The van der Waals surface area contributed by atoms with Gasteiger partial charge in [0, 0.05) is 16.6 Å². The fourth-order valence-electron chi connectivity index (χ4n) is 2.38. The number of ether oxygens (including phenoxy) is 1. The van der Waals surface area contributed by atoms with Gasteiger partial charge >= 0.3 is 0 Å². The first-order valence-electron chi connectivity index (χ1n) is 8.04. The molecule has 0 radical (unpaired) electrons. The Kier molecular flexibility index (Phi) is 5.14. The van der Waals surface area contributed by atoms with Crippen molar-refractivity contribution in [3.63, 3.8) is 0 Å². The molecule has 1 amide bonds. The van der Waals surface area contributed by atoms with Crippen LogP contribution in [0.1, 0.15) is 32.2 Å². The standard InChI is InChI=1S/C20H20N2O2S/c1-13-7-8-17(9-14(13)2)22-20(23)16-5-4-6-19(10-16)24-11-18-12-25-15(3)21-18/h4-10,12H,11H2,1-3H3,(H,22,23). The maximum absolute atomic E-state index is 12.5. The number of hydrogen-bond acceptors (Lipinski definition) is 4. The van der Waals surface area contributed by atoms with E-state index < -0.39 is 0 Å². The Morgan fingerprint density at radius 3 is 2.68 bits per heavy atom. The van der Waals surface area contributed by atoms with Gasteiger partial charge in [0.1, 0.15) is 12.4 Å². The normalized spacial score (nSPS) is 10.5. The summed E-state index contributed by atoms with van der Waals surface area (Å²) < 4.78 is 5.75. The van der Waals surface area contributed by atoms with Crippen LogP contribution < -0.4 is 10.1 Å². The van der Waals surface area contributed by atoms with Crippen molar-refractivity contribution >= 4 is 22.9 Å². The molecule has 25 heavy (non-hydrogen) atoms. The third-order valence-electron chi connectivity index (χ3n) is 3.91. The molecule has 0 bridgehead atoms. The predicted octanol–water partition coefficient (Wildman–Crippen LogP) is 4.90. The highest BCUT2D eigenvalue weighted by molar-refractivity contribution is 7.09. The summed E-state index contributed by atoms with van der Waals surface area (Å²) in [7, 11) is 0. The van der Waals surface area contributed by atoms with Crippen LogP contribution in [0.3, 0.4) is 0 Å². The van der Waals surface area contributed by atoms with E-state index in [0.29, 0.717) is 17.9 Å². The number of thiazole rings is 1. The zero-order valence-electron chi connectivity index (χ0n) is 14.5. The van der Waals surface area contributed by atoms with E-state index in [1.165, 1.54) is 5.56 Å². The molecule has 4 nitrogen and oxygen atoms in total. The zero-order valence-corrected chi connectivity index (χ0v) is 15.3. The van der Waals surface area contributed by atoms with Crippen molar-refractivity contribution in [3.05, 3.63) is 75.2 Å². The van der Waals surface area contributed by atoms with Gasteiger partial charge < -0.3 is 10.1 Å². The second-order valence-corrected chi connectivity index (χ2v) is 6.99. The molecule has 3 rings (SSSR count). The predicted molar refractivity (Wildman–Crippen MR) is 101 cm³/mol. The molecule has 0 atom stereocenters. The van der Waals surface area contributed by atoms with Crippen molar-refractivity contribution in [1.82, 2.24) is 4.98 Å². The number of benzene rings is 2. The minimum atomic E-state index is -0.154. The van der Waals surface area contributed by atoms with Gasteiger partial charge in [0.2, 0.25) is 0 Å². The van der Waals surface area contributed by atoms with Gasteiger partial charge in [-0.1, -0.05) is 12.1 Å². The Morgan fingerprint density at radius 1 is 1.12 bits per heavy atom. The Labute approximate surface area is 151 Å². The summed E-state index contributed by atoms with van der Waals surface area (Å²) in [5.41, 5.74) is 4.59. The van der Waals surface area contributed by atoms with Crippen LogP contribution in [0.25, 0.3) is 0 Å². The summed E-state index contributed by atoms with van der Waals surface area (Å²) in [6.07, 6.45) is 0. The van der Waals surface area contributed by atoms with Crippen molar-refractivity contribution in [1.29, 1.82) is 0 Å². The lowest BCUT2D eigenvalue weighted by Gasteiger charge is -2.09. The molecule has 0 aliphatic heterocycles. The number of aryl methyl sites for hydroxylation is 3. The maximum atomic E-state index is 12.5. The van der Waals surface area contributed by atoms with E-state index in [1.54, 1.807) is 23.5 Å². The quantitative estimate of drug-likeness (QED) is 0.710. The average Bonchev–Trinajstić information content (AvgIpc) is 3.02. The number of aromatic nitrogens is 1. The van der Waals surface area contributed by atoms with Crippen LogP contribution in [-0.2, 0) is 6.61 Å². The molecule has 1 heterocycles. The monoisotopic (exact) mass is 352 g/mol. The number of nitrogens with zero attached hydrogens (tertiary/aromatic N) is 1. The fourth-order valence-corrected chi connectivity index (χ4v) is 2.98. The Bertz CT molecular complexity index is 902. The van der Waals surface area contributed by atoms with Crippen LogP contribution in [0.5, 0.6) is 5.75 Å². The van der Waals surface area contributed by atoms with Crippen LogP contribution in [0.2, 0.25) is 0 Å². The highest BCUT2D eigenvalue weighted by atomic mass is 32.1. The lowest BCUT2D eigenvalue weighted by atomic mass is 10.1. The summed E-state index contributed by atoms with van der Waals surface area (Å²) in [5.74, 6) is 0.497. The second kappa shape index (κ2) is 7.49.